The average molecular weight is 256 g/mol. The van der Waals surface area contributed by atoms with Gasteiger partial charge in [-0.15, -0.1) is 0 Å². The Bertz CT molecular complexity index is 294. The third kappa shape index (κ3) is 4.22. The summed E-state index contributed by atoms with van der Waals surface area (Å²) in [4.78, 5) is 21.7. The summed E-state index contributed by atoms with van der Waals surface area (Å²) in [5.74, 6) is -3.10. The summed E-state index contributed by atoms with van der Waals surface area (Å²) in [5.41, 5.74) is 1.90. The minimum atomic E-state index is -5.05. The number of alkyl halides is 3. The van der Waals surface area contributed by atoms with Crippen LogP contribution in [0.25, 0.3) is 0 Å². The molecule has 0 spiro atoms. The standard InChI is InChI=1S/C9H15F3N2O3/c1-8(7(16)17,9(10,11)12)14-6(15)4-2-3-5-13/h2-5,13H2,1H3,(H,14,15)(H,16,17). The van der Waals surface area contributed by atoms with Crippen molar-refractivity contribution in [2.24, 2.45) is 5.73 Å². The van der Waals surface area contributed by atoms with Gasteiger partial charge in [-0.05, 0) is 26.3 Å². The zero-order valence-electron chi connectivity index (χ0n) is 9.30. The van der Waals surface area contributed by atoms with Gasteiger partial charge < -0.3 is 16.2 Å². The van der Waals surface area contributed by atoms with Crippen molar-refractivity contribution in [1.82, 2.24) is 5.32 Å². The van der Waals surface area contributed by atoms with Crippen LogP contribution in [0.1, 0.15) is 26.2 Å². The second-order valence-corrected chi connectivity index (χ2v) is 3.72. The van der Waals surface area contributed by atoms with E-state index in [1.54, 1.807) is 0 Å². The Balaban J connectivity index is 4.58. The Morgan fingerprint density at radius 2 is 1.82 bits per heavy atom. The number of carboxylic acid groups (broad SMARTS) is 1. The van der Waals surface area contributed by atoms with E-state index in [4.69, 9.17) is 10.8 Å². The molecule has 0 bridgehead atoms. The molecule has 100 valence electrons. The van der Waals surface area contributed by atoms with Crippen LogP contribution in [0.2, 0.25) is 0 Å². The van der Waals surface area contributed by atoms with E-state index in [1.165, 1.54) is 5.32 Å². The first-order valence-corrected chi connectivity index (χ1v) is 4.96. The van der Waals surface area contributed by atoms with Gasteiger partial charge in [-0.3, -0.25) is 4.79 Å². The van der Waals surface area contributed by atoms with Gasteiger partial charge in [0.2, 0.25) is 11.4 Å². The Hall–Kier alpha value is -1.31. The van der Waals surface area contributed by atoms with Crippen LogP contribution in [-0.4, -0.2) is 35.2 Å². The summed E-state index contributed by atoms with van der Waals surface area (Å²) < 4.78 is 37.5. The lowest BCUT2D eigenvalue weighted by Gasteiger charge is -2.28. The predicted molar refractivity (Wildman–Crippen MR) is 53.1 cm³/mol. The molecular weight excluding hydrogens is 241 g/mol. The maximum atomic E-state index is 12.5. The Morgan fingerprint density at radius 3 is 2.18 bits per heavy atom. The van der Waals surface area contributed by atoms with Crippen molar-refractivity contribution in [1.29, 1.82) is 0 Å². The molecule has 0 radical (unpaired) electrons. The maximum absolute atomic E-state index is 12.5. The first-order valence-electron chi connectivity index (χ1n) is 4.96. The summed E-state index contributed by atoms with van der Waals surface area (Å²) in [6, 6.07) is 0. The molecule has 0 heterocycles. The van der Waals surface area contributed by atoms with Gasteiger partial charge in [0.1, 0.15) is 0 Å². The minimum absolute atomic E-state index is 0.184. The third-order valence-electron chi connectivity index (χ3n) is 2.24. The fourth-order valence-corrected chi connectivity index (χ4v) is 1.02. The highest BCUT2D eigenvalue weighted by Crippen LogP contribution is 2.30. The fourth-order valence-electron chi connectivity index (χ4n) is 1.02. The number of carbonyl (C=O) groups excluding carboxylic acids is 1. The molecule has 0 aromatic rings. The number of unbranched alkanes of at least 4 members (excludes halogenated alkanes) is 1. The van der Waals surface area contributed by atoms with Gasteiger partial charge >= 0.3 is 12.1 Å². The molecule has 4 N–H and O–H groups in total. The monoisotopic (exact) mass is 256 g/mol. The zero-order chi connectivity index (χ0) is 13.7. The quantitative estimate of drug-likeness (QED) is 0.608. The molecule has 1 amide bonds. The van der Waals surface area contributed by atoms with Crippen molar-refractivity contribution < 1.29 is 27.9 Å². The van der Waals surface area contributed by atoms with E-state index >= 15 is 0 Å². The van der Waals surface area contributed by atoms with Gasteiger partial charge in [0.05, 0.1) is 0 Å². The van der Waals surface area contributed by atoms with E-state index < -0.39 is 23.6 Å². The summed E-state index contributed by atoms with van der Waals surface area (Å²) in [6.07, 6.45) is -4.43. The van der Waals surface area contributed by atoms with Crippen LogP contribution in [0.3, 0.4) is 0 Å². The van der Waals surface area contributed by atoms with Crippen LogP contribution in [0, 0.1) is 0 Å². The number of rotatable bonds is 6. The molecule has 0 aromatic heterocycles. The van der Waals surface area contributed by atoms with E-state index in [-0.39, 0.29) is 6.42 Å². The van der Waals surface area contributed by atoms with Gasteiger partial charge in [-0.25, -0.2) is 4.79 Å². The molecular formula is C9H15F3N2O3. The van der Waals surface area contributed by atoms with Gasteiger partial charge in [-0.1, -0.05) is 0 Å². The Kier molecular flexibility index (Phi) is 5.40. The molecule has 0 aliphatic heterocycles. The third-order valence-corrected chi connectivity index (χ3v) is 2.24. The van der Waals surface area contributed by atoms with E-state index in [0.29, 0.717) is 26.3 Å². The number of nitrogens with two attached hydrogens (primary N) is 1. The van der Waals surface area contributed by atoms with Crippen LogP contribution >= 0.6 is 0 Å². The van der Waals surface area contributed by atoms with Gasteiger partial charge in [0.15, 0.2) is 0 Å². The lowest BCUT2D eigenvalue weighted by molar-refractivity contribution is -0.207. The lowest BCUT2D eigenvalue weighted by Crippen LogP contribution is -2.61. The molecule has 0 saturated carbocycles. The van der Waals surface area contributed by atoms with Crippen molar-refractivity contribution in [3.05, 3.63) is 0 Å². The SMILES string of the molecule is CC(NC(=O)CCCCN)(C(=O)O)C(F)(F)F. The number of carbonyl (C=O) groups is 2. The molecule has 0 rings (SSSR count). The van der Waals surface area contributed by atoms with Crippen molar-refractivity contribution in [2.45, 2.75) is 37.9 Å². The number of halogens is 3. The molecule has 1 atom stereocenters. The van der Waals surface area contributed by atoms with Crippen molar-refractivity contribution in [3.8, 4) is 0 Å². The highest BCUT2D eigenvalue weighted by atomic mass is 19.4. The largest absolute Gasteiger partial charge is 0.479 e. The fraction of sp³-hybridized carbons (Fsp3) is 0.778. The number of hydrogen-bond acceptors (Lipinski definition) is 3. The molecule has 0 aliphatic rings. The maximum Gasteiger partial charge on any atom is 0.422 e. The van der Waals surface area contributed by atoms with Crippen LogP contribution in [-0.2, 0) is 9.59 Å². The average Bonchev–Trinajstić information content (AvgIpc) is 2.15. The lowest BCUT2D eigenvalue weighted by atomic mass is 10.0. The minimum Gasteiger partial charge on any atom is -0.479 e. The van der Waals surface area contributed by atoms with Crippen molar-refractivity contribution in [2.75, 3.05) is 6.54 Å². The Morgan fingerprint density at radius 1 is 1.29 bits per heavy atom. The van der Waals surface area contributed by atoms with Gasteiger partial charge in [0, 0.05) is 6.42 Å². The van der Waals surface area contributed by atoms with E-state index in [0.717, 1.165) is 0 Å². The van der Waals surface area contributed by atoms with E-state index in [9.17, 15) is 22.8 Å². The van der Waals surface area contributed by atoms with Gasteiger partial charge in [0.25, 0.3) is 0 Å². The summed E-state index contributed by atoms with van der Waals surface area (Å²) in [5, 5.41) is 10.0. The van der Waals surface area contributed by atoms with Crippen LogP contribution in [0.4, 0.5) is 13.2 Å². The van der Waals surface area contributed by atoms with Crippen LogP contribution < -0.4 is 11.1 Å². The highest BCUT2D eigenvalue weighted by Gasteiger charge is 2.58. The molecule has 8 heteroatoms. The number of carboxylic acids is 1. The van der Waals surface area contributed by atoms with Crippen LogP contribution in [0.5, 0.6) is 0 Å². The number of nitrogens with one attached hydrogen (secondary N) is 1. The van der Waals surface area contributed by atoms with Crippen molar-refractivity contribution in [3.63, 3.8) is 0 Å². The molecule has 1 unspecified atom stereocenters. The van der Waals surface area contributed by atoms with Crippen molar-refractivity contribution >= 4 is 11.9 Å². The first-order chi connectivity index (χ1) is 7.65. The molecule has 0 saturated heterocycles. The normalized spacial score (nSPS) is 15.1. The topological polar surface area (TPSA) is 92.4 Å². The second-order valence-electron chi connectivity index (χ2n) is 3.72. The van der Waals surface area contributed by atoms with Crippen LogP contribution in [0.15, 0.2) is 0 Å². The summed E-state index contributed by atoms with van der Waals surface area (Å²) in [7, 11) is 0. The molecule has 0 aromatic carbocycles. The molecule has 0 fully saturated rings. The number of hydrogen-bond donors (Lipinski definition) is 3. The highest BCUT2D eigenvalue weighted by molar-refractivity contribution is 5.87. The second kappa shape index (κ2) is 5.85. The molecule has 5 nitrogen and oxygen atoms in total. The smallest absolute Gasteiger partial charge is 0.422 e. The zero-order valence-corrected chi connectivity index (χ0v) is 9.30. The summed E-state index contributed by atoms with van der Waals surface area (Å²) in [6.45, 7) is 0.735. The van der Waals surface area contributed by atoms with E-state index in [2.05, 4.69) is 0 Å². The predicted octanol–water partition coefficient (Wildman–Crippen LogP) is 0.637. The first kappa shape index (κ1) is 15.7. The summed E-state index contributed by atoms with van der Waals surface area (Å²) >= 11 is 0. The van der Waals surface area contributed by atoms with E-state index in [1.807, 2.05) is 0 Å². The number of amides is 1. The molecule has 0 aliphatic carbocycles. The van der Waals surface area contributed by atoms with Gasteiger partial charge in [-0.2, -0.15) is 13.2 Å². The molecule has 17 heavy (non-hydrogen) atoms. The number of aliphatic carboxylic acids is 1. The Labute approximate surface area is 96.2 Å².